The highest BCUT2D eigenvalue weighted by Crippen LogP contribution is 2.23. The van der Waals surface area contributed by atoms with Gasteiger partial charge in [-0.05, 0) is 54.5 Å². The Kier molecular flexibility index (Phi) is 14.1. The molecule has 0 fully saturated rings. The number of alkyl halides is 3. The summed E-state index contributed by atoms with van der Waals surface area (Å²) < 4.78 is 41.0. The SMILES string of the molecule is CC(CNC(CCSc1ccccc1)C(=O)NCc1ccc(OC(F)(F)F)cc1)CC(=O)N(CCN)CCN. The van der Waals surface area contributed by atoms with Gasteiger partial charge in [-0.3, -0.25) is 9.59 Å². The smallest absolute Gasteiger partial charge is 0.406 e. The second-order valence-corrected chi connectivity index (χ2v) is 10.3. The van der Waals surface area contributed by atoms with E-state index in [1.165, 1.54) is 24.3 Å². The number of nitrogens with one attached hydrogen (secondary N) is 2. The summed E-state index contributed by atoms with van der Waals surface area (Å²) in [5, 5.41) is 6.15. The molecule has 0 aliphatic carbocycles. The van der Waals surface area contributed by atoms with Crippen LogP contribution >= 0.6 is 11.8 Å². The zero-order valence-electron chi connectivity index (χ0n) is 22.1. The molecule has 12 heteroatoms. The maximum Gasteiger partial charge on any atom is 0.573 e. The van der Waals surface area contributed by atoms with E-state index in [0.29, 0.717) is 56.9 Å². The molecule has 2 atom stereocenters. The number of hydrogen-bond donors (Lipinski definition) is 4. The summed E-state index contributed by atoms with van der Waals surface area (Å²) in [7, 11) is 0. The summed E-state index contributed by atoms with van der Waals surface area (Å²) in [6.45, 7) is 4.14. The molecule has 0 aromatic heterocycles. The van der Waals surface area contributed by atoms with Crippen molar-refractivity contribution in [1.29, 1.82) is 0 Å². The molecule has 2 aromatic carbocycles. The summed E-state index contributed by atoms with van der Waals surface area (Å²) in [4.78, 5) is 28.5. The highest BCUT2D eigenvalue weighted by atomic mass is 32.2. The lowest BCUT2D eigenvalue weighted by molar-refractivity contribution is -0.274. The zero-order valence-corrected chi connectivity index (χ0v) is 22.9. The fourth-order valence-electron chi connectivity index (χ4n) is 3.77. The maximum absolute atomic E-state index is 13.1. The predicted octanol–water partition coefficient (Wildman–Crippen LogP) is 3.11. The van der Waals surface area contributed by atoms with Crippen LogP contribution in [0.25, 0.3) is 0 Å². The fourth-order valence-corrected chi connectivity index (χ4v) is 4.71. The van der Waals surface area contributed by atoms with Crippen molar-refractivity contribution >= 4 is 23.6 Å². The Labute approximate surface area is 232 Å². The van der Waals surface area contributed by atoms with Crippen LogP contribution in [0.15, 0.2) is 59.5 Å². The topological polar surface area (TPSA) is 123 Å². The molecule has 8 nitrogen and oxygen atoms in total. The molecule has 0 heterocycles. The quantitative estimate of drug-likeness (QED) is 0.216. The van der Waals surface area contributed by atoms with E-state index in [-0.39, 0.29) is 30.0 Å². The van der Waals surface area contributed by atoms with Crippen molar-refractivity contribution in [3.63, 3.8) is 0 Å². The van der Waals surface area contributed by atoms with Crippen molar-refractivity contribution in [2.75, 3.05) is 38.5 Å². The van der Waals surface area contributed by atoms with Crippen molar-refractivity contribution in [3.05, 3.63) is 60.2 Å². The molecular formula is C27H38F3N5O3S. The van der Waals surface area contributed by atoms with Crippen LogP contribution in [0.3, 0.4) is 0 Å². The maximum atomic E-state index is 13.1. The van der Waals surface area contributed by atoms with Gasteiger partial charge in [0.15, 0.2) is 0 Å². The lowest BCUT2D eigenvalue weighted by Gasteiger charge is -2.24. The van der Waals surface area contributed by atoms with Gasteiger partial charge in [0, 0.05) is 44.0 Å². The van der Waals surface area contributed by atoms with Crippen molar-refractivity contribution in [2.45, 2.75) is 43.6 Å². The molecule has 0 saturated heterocycles. The minimum Gasteiger partial charge on any atom is -0.406 e. The number of carbonyl (C=O) groups excluding carboxylic acids is 2. The zero-order chi connectivity index (χ0) is 28.7. The molecule has 2 rings (SSSR count). The van der Waals surface area contributed by atoms with Crippen LogP contribution in [0.2, 0.25) is 0 Å². The number of nitrogens with zero attached hydrogens (tertiary/aromatic N) is 1. The second-order valence-electron chi connectivity index (χ2n) is 9.09. The van der Waals surface area contributed by atoms with Gasteiger partial charge in [-0.25, -0.2) is 0 Å². The molecular weight excluding hydrogens is 531 g/mol. The molecule has 0 radical (unpaired) electrons. The minimum absolute atomic E-state index is 0.0289. The molecule has 2 amide bonds. The van der Waals surface area contributed by atoms with Gasteiger partial charge in [0.05, 0.1) is 6.04 Å². The number of amides is 2. The van der Waals surface area contributed by atoms with Crippen molar-refractivity contribution in [2.24, 2.45) is 17.4 Å². The van der Waals surface area contributed by atoms with Gasteiger partial charge in [-0.15, -0.1) is 24.9 Å². The second kappa shape index (κ2) is 17.0. The van der Waals surface area contributed by atoms with Gasteiger partial charge in [0.1, 0.15) is 5.75 Å². The van der Waals surface area contributed by atoms with Crippen LogP contribution in [0.5, 0.6) is 5.75 Å². The molecule has 216 valence electrons. The third-order valence-corrected chi connectivity index (χ3v) is 6.79. The van der Waals surface area contributed by atoms with E-state index in [1.807, 2.05) is 37.3 Å². The van der Waals surface area contributed by atoms with Crippen LogP contribution in [-0.4, -0.2) is 67.6 Å². The first-order valence-electron chi connectivity index (χ1n) is 12.8. The summed E-state index contributed by atoms with van der Waals surface area (Å²) in [5.74, 6) is 0.0699. The number of halogens is 3. The number of ether oxygens (including phenoxy) is 1. The molecule has 2 aromatic rings. The summed E-state index contributed by atoms with van der Waals surface area (Å²) >= 11 is 1.64. The number of carbonyl (C=O) groups is 2. The fraction of sp³-hybridized carbons (Fsp3) is 0.481. The van der Waals surface area contributed by atoms with E-state index in [9.17, 15) is 22.8 Å². The lowest BCUT2D eigenvalue weighted by atomic mass is 10.1. The Morgan fingerprint density at radius 1 is 1.03 bits per heavy atom. The van der Waals surface area contributed by atoms with E-state index in [0.717, 1.165) is 4.90 Å². The molecule has 0 aliphatic heterocycles. The summed E-state index contributed by atoms with van der Waals surface area (Å²) in [6, 6.07) is 14.7. The van der Waals surface area contributed by atoms with Gasteiger partial charge in [0.25, 0.3) is 0 Å². The number of benzene rings is 2. The Morgan fingerprint density at radius 3 is 2.26 bits per heavy atom. The van der Waals surface area contributed by atoms with E-state index >= 15 is 0 Å². The van der Waals surface area contributed by atoms with Gasteiger partial charge in [0.2, 0.25) is 11.8 Å². The Balaban J connectivity index is 1.94. The van der Waals surface area contributed by atoms with E-state index < -0.39 is 12.4 Å². The Hall–Kier alpha value is -2.80. The van der Waals surface area contributed by atoms with Crippen LogP contribution in [0.1, 0.15) is 25.3 Å². The predicted molar refractivity (Wildman–Crippen MR) is 147 cm³/mol. The molecule has 0 saturated carbocycles. The summed E-state index contributed by atoms with van der Waals surface area (Å²) in [5.41, 5.74) is 11.8. The average Bonchev–Trinajstić information content (AvgIpc) is 2.89. The first-order valence-corrected chi connectivity index (χ1v) is 13.8. The third-order valence-electron chi connectivity index (χ3n) is 5.75. The van der Waals surface area contributed by atoms with Crippen LogP contribution < -0.4 is 26.8 Å². The van der Waals surface area contributed by atoms with Gasteiger partial charge < -0.3 is 31.7 Å². The highest BCUT2D eigenvalue weighted by Gasteiger charge is 2.31. The lowest BCUT2D eigenvalue weighted by Crippen LogP contribution is -2.46. The van der Waals surface area contributed by atoms with Gasteiger partial charge in [-0.2, -0.15) is 0 Å². The van der Waals surface area contributed by atoms with Crippen molar-refractivity contribution < 1.29 is 27.5 Å². The first-order chi connectivity index (χ1) is 18.6. The third kappa shape index (κ3) is 13.2. The van der Waals surface area contributed by atoms with E-state index in [4.69, 9.17) is 11.5 Å². The van der Waals surface area contributed by atoms with Gasteiger partial charge in [-0.1, -0.05) is 37.3 Å². The molecule has 39 heavy (non-hydrogen) atoms. The number of nitrogens with two attached hydrogens (primary N) is 2. The molecule has 6 N–H and O–H groups in total. The Bertz CT molecular complexity index is 990. The number of thioether (sulfide) groups is 1. The molecule has 0 bridgehead atoms. The minimum atomic E-state index is -4.76. The van der Waals surface area contributed by atoms with Gasteiger partial charge >= 0.3 is 6.36 Å². The Morgan fingerprint density at radius 2 is 1.67 bits per heavy atom. The van der Waals surface area contributed by atoms with Crippen molar-refractivity contribution in [3.8, 4) is 5.75 Å². The van der Waals surface area contributed by atoms with Crippen LogP contribution in [0.4, 0.5) is 13.2 Å². The first kappa shape index (κ1) is 32.4. The molecule has 2 unspecified atom stereocenters. The monoisotopic (exact) mass is 569 g/mol. The number of hydrogen-bond acceptors (Lipinski definition) is 7. The normalized spacial score (nSPS) is 13.0. The van der Waals surface area contributed by atoms with Crippen LogP contribution in [0, 0.1) is 5.92 Å². The van der Waals surface area contributed by atoms with Crippen molar-refractivity contribution in [1.82, 2.24) is 15.5 Å². The molecule has 0 spiro atoms. The number of rotatable bonds is 17. The average molecular weight is 570 g/mol. The van der Waals surface area contributed by atoms with Crippen LogP contribution in [-0.2, 0) is 16.1 Å². The summed E-state index contributed by atoms with van der Waals surface area (Å²) in [6.07, 6.45) is -3.93. The van der Waals surface area contributed by atoms with E-state index in [1.54, 1.807) is 16.7 Å². The van der Waals surface area contributed by atoms with E-state index in [2.05, 4.69) is 15.4 Å². The highest BCUT2D eigenvalue weighted by molar-refractivity contribution is 7.99. The standard InChI is InChI=1S/C27H38F3N5O3S/c1-20(17-25(36)35(14-12-31)15-13-32)18-33-24(11-16-39-23-5-3-2-4-6-23)26(37)34-19-21-7-9-22(10-8-21)38-27(28,29)30/h2-10,20,24,33H,11-19,31-32H2,1H3,(H,34,37). The largest absolute Gasteiger partial charge is 0.573 e. The molecule has 0 aliphatic rings.